The van der Waals surface area contributed by atoms with Gasteiger partial charge in [0.25, 0.3) is 5.91 Å². The summed E-state index contributed by atoms with van der Waals surface area (Å²) in [6.07, 6.45) is 4.22. The second-order valence-corrected chi connectivity index (χ2v) is 7.05. The quantitative estimate of drug-likeness (QED) is 0.911. The average molecular weight is 353 g/mol. The van der Waals surface area contributed by atoms with E-state index in [-0.39, 0.29) is 23.8 Å². The molecule has 0 radical (unpaired) electrons. The SMILES string of the molecule is CCCN1C(=O)[C@H]2CC[C@@H]1CN(C(=O)c1ccccc1-c1ncn[nH]1)C2. The van der Waals surface area contributed by atoms with Gasteiger partial charge in [-0.15, -0.1) is 0 Å². The van der Waals surface area contributed by atoms with Crippen LogP contribution >= 0.6 is 0 Å². The molecule has 1 aromatic heterocycles. The van der Waals surface area contributed by atoms with Crippen LogP contribution in [0.25, 0.3) is 11.4 Å². The Kier molecular flexibility index (Phi) is 4.44. The van der Waals surface area contributed by atoms with Crippen molar-refractivity contribution < 1.29 is 9.59 Å². The second-order valence-electron chi connectivity index (χ2n) is 7.05. The molecule has 136 valence electrons. The molecule has 2 aromatic rings. The number of H-pyrrole nitrogens is 1. The Morgan fingerprint density at radius 3 is 2.88 bits per heavy atom. The summed E-state index contributed by atoms with van der Waals surface area (Å²) in [5, 5.41) is 6.72. The Bertz CT molecular complexity index is 804. The van der Waals surface area contributed by atoms with Gasteiger partial charge in [0.05, 0.1) is 11.5 Å². The van der Waals surface area contributed by atoms with E-state index in [0.29, 0.717) is 24.5 Å². The molecule has 5 rings (SSSR count). The monoisotopic (exact) mass is 353 g/mol. The number of aromatic nitrogens is 3. The first-order valence-electron chi connectivity index (χ1n) is 9.23. The molecule has 2 bridgehead atoms. The number of benzene rings is 1. The van der Waals surface area contributed by atoms with Crippen molar-refractivity contribution in [2.75, 3.05) is 19.6 Å². The standard InChI is InChI=1S/C19H23N5O2/c1-2-9-24-14-8-7-13(18(24)25)10-23(11-14)19(26)16-6-4-3-5-15(16)17-20-12-21-22-17/h3-6,12-14H,2,7-11H2,1H3,(H,20,21,22)/t13-,14+/m0/s1. The largest absolute Gasteiger partial charge is 0.338 e. The van der Waals surface area contributed by atoms with Crippen LogP contribution < -0.4 is 0 Å². The van der Waals surface area contributed by atoms with E-state index in [1.807, 2.05) is 34.1 Å². The van der Waals surface area contributed by atoms with Crippen LogP contribution in [-0.2, 0) is 4.79 Å². The maximum absolute atomic E-state index is 13.3. The van der Waals surface area contributed by atoms with Gasteiger partial charge in [-0.05, 0) is 25.3 Å². The predicted molar refractivity (Wildman–Crippen MR) is 96.2 cm³/mol. The van der Waals surface area contributed by atoms with Crippen LogP contribution in [0, 0.1) is 5.92 Å². The zero-order valence-electron chi connectivity index (χ0n) is 14.9. The lowest BCUT2D eigenvalue weighted by Crippen LogP contribution is -2.48. The van der Waals surface area contributed by atoms with E-state index in [9.17, 15) is 9.59 Å². The first-order chi connectivity index (χ1) is 12.7. The zero-order valence-corrected chi connectivity index (χ0v) is 14.9. The molecule has 7 heteroatoms. The number of fused-ring (bicyclic) bond motifs is 4. The van der Waals surface area contributed by atoms with E-state index in [1.54, 1.807) is 0 Å². The molecule has 0 unspecified atom stereocenters. The van der Waals surface area contributed by atoms with Crippen molar-refractivity contribution in [1.82, 2.24) is 25.0 Å². The fourth-order valence-corrected chi connectivity index (χ4v) is 4.12. The highest BCUT2D eigenvalue weighted by molar-refractivity contribution is 6.00. The molecule has 1 N–H and O–H groups in total. The zero-order chi connectivity index (χ0) is 18.1. The molecule has 0 saturated carbocycles. The Morgan fingerprint density at radius 2 is 2.12 bits per heavy atom. The number of carbonyl (C=O) groups is 2. The third kappa shape index (κ3) is 2.87. The molecule has 3 aliphatic rings. The minimum absolute atomic E-state index is 0.0416. The number of aromatic amines is 1. The van der Waals surface area contributed by atoms with Gasteiger partial charge in [0.15, 0.2) is 5.82 Å². The third-order valence-corrected chi connectivity index (χ3v) is 5.37. The van der Waals surface area contributed by atoms with Gasteiger partial charge in [0, 0.05) is 31.2 Å². The summed E-state index contributed by atoms with van der Waals surface area (Å²) in [5.74, 6) is 0.666. The van der Waals surface area contributed by atoms with Crippen molar-refractivity contribution in [1.29, 1.82) is 0 Å². The maximum Gasteiger partial charge on any atom is 0.254 e. The molecule has 2 atom stereocenters. The van der Waals surface area contributed by atoms with E-state index < -0.39 is 0 Å². The highest BCUT2D eigenvalue weighted by Crippen LogP contribution is 2.31. The number of hydrogen-bond acceptors (Lipinski definition) is 4. The van der Waals surface area contributed by atoms with Gasteiger partial charge in [-0.2, -0.15) is 5.10 Å². The lowest BCUT2D eigenvalue weighted by atomic mass is 9.94. The fourth-order valence-electron chi connectivity index (χ4n) is 4.12. The van der Waals surface area contributed by atoms with E-state index in [1.165, 1.54) is 6.33 Å². The lowest BCUT2D eigenvalue weighted by molar-refractivity contribution is -0.139. The maximum atomic E-state index is 13.3. The van der Waals surface area contributed by atoms with Crippen molar-refractivity contribution in [3.63, 3.8) is 0 Å². The van der Waals surface area contributed by atoms with E-state index in [0.717, 1.165) is 31.4 Å². The van der Waals surface area contributed by atoms with Crippen molar-refractivity contribution in [2.24, 2.45) is 5.92 Å². The molecule has 1 aromatic carbocycles. The number of nitrogens with one attached hydrogen (secondary N) is 1. The van der Waals surface area contributed by atoms with Gasteiger partial charge in [-0.3, -0.25) is 14.7 Å². The van der Waals surface area contributed by atoms with Crippen LogP contribution in [-0.4, -0.2) is 62.5 Å². The molecular weight excluding hydrogens is 330 g/mol. The molecular formula is C19H23N5O2. The number of piperidine rings is 1. The van der Waals surface area contributed by atoms with Gasteiger partial charge < -0.3 is 9.80 Å². The summed E-state index contributed by atoms with van der Waals surface area (Å²) in [7, 11) is 0. The van der Waals surface area contributed by atoms with Crippen LogP contribution in [0.1, 0.15) is 36.5 Å². The highest BCUT2D eigenvalue weighted by Gasteiger charge is 2.41. The van der Waals surface area contributed by atoms with Gasteiger partial charge in [0.2, 0.25) is 5.91 Å². The first kappa shape index (κ1) is 16.8. The molecule has 3 aliphatic heterocycles. The number of amides is 2. The fraction of sp³-hybridized carbons (Fsp3) is 0.474. The van der Waals surface area contributed by atoms with E-state index >= 15 is 0 Å². The number of rotatable bonds is 4. The topological polar surface area (TPSA) is 82.2 Å². The number of carbonyl (C=O) groups excluding carboxylic acids is 2. The molecule has 26 heavy (non-hydrogen) atoms. The molecule has 4 heterocycles. The minimum Gasteiger partial charge on any atom is -0.338 e. The minimum atomic E-state index is -0.0818. The van der Waals surface area contributed by atoms with Crippen LogP contribution in [0.5, 0.6) is 0 Å². The van der Waals surface area contributed by atoms with Crippen molar-refractivity contribution in [2.45, 2.75) is 32.2 Å². The molecule has 7 nitrogen and oxygen atoms in total. The van der Waals surface area contributed by atoms with Gasteiger partial charge >= 0.3 is 0 Å². The first-order valence-corrected chi connectivity index (χ1v) is 9.23. The molecule has 0 aliphatic carbocycles. The smallest absolute Gasteiger partial charge is 0.254 e. The number of hydrogen-bond donors (Lipinski definition) is 1. The molecule has 2 amide bonds. The van der Waals surface area contributed by atoms with Gasteiger partial charge in [-0.1, -0.05) is 25.1 Å². The van der Waals surface area contributed by atoms with Gasteiger partial charge in [0.1, 0.15) is 6.33 Å². The average Bonchev–Trinajstić information content (AvgIpc) is 3.07. The van der Waals surface area contributed by atoms with Crippen molar-refractivity contribution in [3.8, 4) is 11.4 Å². The normalized spacial score (nSPS) is 22.6. The predicted octanol–water partition coefficient (Wildman–Crippen LogP) is 1.94. The Labute approximate surface area is 152 Å². The summed E-state index contributed by atoms with van der Waals surface area (Å²) >= 11 is 0. The molecule has 0 spiro atoms. The van der Waals surface area contributed by atoms with Crippen LogP contribution in [0.2, 0.25) is 0 Å². The Hall–Kier alpha value is -2.70. The Morgan fingerprint density at radius 1 is 1.27 bits per heavy atom. The Balaban J connectivity index is 1.63. The van der Waals surface area contributed by atoms with Crippen molar-refractivity contribution >= 4 is 11.8 Å². The summed E-state index contributed by atoms with van der Waals surface area (Å²) in [4.78, 5) is 34.0. The van der Waals surface area contributed by atoms with E-state index in [2.05, 4.69) is 22.1 Å². The molecule has 3 saturated heterocycles. The van der Waals surface area contributed by atoms with Crippen LogP contribution in [0.3, 0.4) is 0 Å². The summed E-state index contributed by atoms with van der Waals surface area (Å²) in [6, 6.07) is 7.55. The van der Waals surface area contributed by atoms with Crippen LogP contribution in [0.15, 0.2) is 30.6 Å². The lowest BCUT2D eigenvalue weighted by Gasteiger charge is -2.35. The molecule has 3 fully saturated rings. The van der Waals surface area contributed by atoms with Crippen LogP contribution in [0.4, 0.5) is 0 Å². The summed E-state index contributed by atoms with van der Waals surface area (Å²) < 4.78 is 0. The highest BCUT2D eigenvalue weighted by atomic mass is 16.2. The number of nitrogens with zero attached hydrogens (tertiary/aromatic N) is 4. The van der Waals surface area contributed by atoms with Crippen molar-refractivity contribution in [3.05, 3.63) is 36.2 Å². The summed E-state index contributed by atoms with van der Waals surface area (Å²) in [6.45, 7) is 3.96. The van der Waals surface area contributed by atoms with E-state index in [4.69, 9.17) is 0 Å². The second kappa shape index (κ2) is 6.90. The van der Waals surface area contributed by atoms with Gasteiger partial charge in [-0.25, -0.2) is 4.98 Å². The third-order valence-electron chi connectivity index (χ3n) is 5.37. The summed E-state index contributed by atoms with van der Waals surface area (Å²) in [5.41, 5.74) is 1.34.